The van der Waals surface area contributed by atoms with Gasteiger partial charge in [-0.15, -0.1) is 0 Å². The molecule has 25 heavy (non-hydrogen) atoms. The molecule has 12 heteroatoms. The van der Waals surface area contributed by atoms with E-state index < -0.39 is 35.0 Å². The Bertz CT molecular complexity index is 948. The Morgan fingerprint density at radius 3 is 2.84 bits per heavy atom. The highest BCUT2D eigenvalue weighted by Crippen LogP contribution is 2.45. The van der Waals surface area contributed by atoms with Crippen LogP contribution >= 0.6 is 23.2 Å². The number of fused-ring (bicyclic) bond motifs is 1. The zero-order valence-corrected chi connectivity index (χ0v) is 14.3. The quantitative estimate of drug-likeness (QED) is 0.281. The lowest BCUT2D eigenvalue weighted by atomic mass is 9.97. The summed E-state index contributed by atoms with van der Waals surface area (Å²) >= 11 is 11.9. The minimum Gasteiger partial charge on any atom is -0.391 e. The van der Waals surface area contributed by atoms with Gasteiger partial charge in [-0.25, -0.2) is 4.98 Å². The lowest BCUT2D eigenvalue weighted by Crippen LogP contribution is -2.43. The van der Waals surface area contributed by atoms with Crippen molar-refractivity contribution in [2.24, 2.45) is 0 Å². The monoisotopic (exact) mass is 388 g/mol. The number of nitrogens with two attached hydrogens (primary N) is 2. The summed E-state index contributed by atoms with van der Waals surface area (Å²) in [6.45, 7) is 1.43. The Balaban J connectivity index is 2.22. The minimum atomic E-state index is -1.72. The fourth-order valence-electron chi connectivity index (χ4n) is 2.73. The molecule has 3 rings (SSSR count). The lowest BCUT2D eigenvalue weighted by Gasteiger charge is -2.25. The second-order valence-corrected chi connectivity index (χ2v) is 6.41. The molecule has 1 aliphatic heterocycles. The normalized spacial score (nSPS) is 30.2. The Kier molecular flexibility index (Phi) is 4.30. The number of nitrogens with zero attached hydrogens (tertiary/aromatic N) is 4. The second kappa shape index (κ2) is 6.05. The van der Waals surface area contributed by atoms with Gasteiger partial charge < -0.3 is 26.5 Å². The van der Waals surface area contributed by atoms with Crippen LogP contribution in [0.2, 0.25) is 0 Å². The third-order valence-electron chi connectivity index (χ3n) is 4.01. The molecule has 10 nitrogen and oxygen atoms in total. The van der Waals surface area contributed by atoms with Gasteiger partial charge in [-0.3, -0.25) is 9.36 Å². The Morgan fingerprint density at radius 2 is 2.24 bits per heavy atom. The zero-order chi connectivity index (χ0) is 18.5. The number of nitrogen functional groups attached to an aromatic ring is 2. The molecule has 2 aromatic heterocycles. The molecule has 0 radical (unpaired) electrons. The predicted molar refractivity (Wildman–Crippen MR) is 90.2 cm³/mol. The summed E-state index contributed by atoms with van der Waals surface area (Å²) in [5.41, 5.74) is 4.91. The van der Waals surface area contributed by atoms with Crippen LogP contribution in [-0.2, 0) is 4.74 Å². The first-order chi connectivity index (χ1) is 11.7. The van der Waals surface area contributed by atoms with Gasteiger partial charge in [0.1, 0.15) is 12.2 Å². The summed E-state index contributed by atoms with van der Waals surface area (Å²) in [5.74, 6) is 7.71. The summed E-state index contributed by atoms with van der Waals surface area (Å²) in [6.07, 6.45) is -3.41. The summed E-state index contributed by atoms with van der Waals surface area (Å²) in [7, 11) is 0. The lowest BCUT2D eigenvalue weighted by molar-refractivity contribution is -0.0752. The number of imidazole rings is 1. The maximum absolute atomic E-state index is 12.1. The fraction of sp³-hybridized carbons (Fsp3) is 0.462. The molecule has 1 unspecified atom stereocenters. The number of halogens is 2. The van der Waals surface area contributed by atoms with Crippen molar-refractivity contribution in [2.45, 2.75) is 36.3 Å². The molecule has 0 aliphatic carbocycles. The molecule has 2 aromatic rings. The number of aliphatic hydroxyl groups excluding tert-OH is 2. The average Bonchev–Trinajstić information content (AvgIpc) is 3.06. The highest BCUT2D eigenvalue weighted by Gasteiger charge is 2.57. The van der Waals surface area contributed by atoms with E-state index >= 15 is 0 Å². The number of alkyl halides is 1. The first kappa shape index (κ1) is 17.8. The van der Waals surface area contributed by atoms with E-state index in [9.17, 15) is 15.0 Å². The summed E-state index contributed by atoms with van der Waals surface area (Å²) in [5, 5.41) is 22.4. The van der Waals surface area contributed by atoms with Crippen molar-refractivity contribution in [1.29, 1.82) is 0 Å². The van der Waals surface area contributed by atoms with E-state index in [-0.39, 0.29) is 17.1 Å². The van der Waals surface area contributed by atoms with Crippen molar-refractivity contribution in [3.63, 3.8) is 0 Å². The molecule has 0 spiro atoms. The highest BCUT2D eigenvalue weighted by atomic mass is 35.5. The molecule has 0 amide bonds. The number of anilines is 1. The van der Waals surface area contributed by atoms with Crippen molar-refractivity contribution in [2.75, 3.05) is 11.6 Å². The SMILES string of the molecule is C[C@H](O)[C@H]1O[C@@H](n2cnc3c(=O)n(N)c(N)nc32)[C@@](Cl)(C#CCl)C1O. The largest absolute Gasteiger partial charge is 0.391 e. The first-order valence-electron chi connectivity index (χ1n) is 7.05. The van der Waals surface area contributed by atoms with Gasteiger partial charge in [-0.05, 0) is 18.5 Å². The van der Waals surface area contributed by atoms with Gasteiger partial charge in [0.2, 0.25) is 5.95 Å². The van der Waals surface area contributed by atoms with Gasteiger partial charge in [0.15, 0.2) is 22.3 Å². The smallest absolute Gasteiger partial charge is 0.301 e. The molecule has 1 aliphatic rings. The van der Waals surface area contributed by atoms with Crippen LogP contribution in [-0.4, -0.2) is 52.6 Å². The number of aromatic nitrogens is 4. The number of aliphatic hydroxyl groups is 2. The molecule has 1 fully saturated rings. The van der Waals surface area contributed by atoms with Crippen LogP contribution in [0, 0.1) is 11.3 Å². The Labute approximate surface area is 150 Å². The summed E-state index contributed by atoms with van der Waals surface area (Å²) in [4.78, 5) is 18.4. The van der Waals surface area contributed by atoms with Crippen LogP contribution in [0.1, 0.15) is 13.2 Å². The van der Waals surface area contributed by atoms with Crippen molar-refractivity contribution >= 4 is 40.3 Å². The predicted octanol–water partition coefficient (Wildman–Crippen LogP) is -1.29. The van der Waals surface area contributed by atoms with Gasteiger partial charge >= 0.3 is 5.56 Å². The van der Waals surface area contributed by atoms with Crippen LogP contribution < -0.4 is 17.1 Å². The van der Waals surface area contributed by atoms with Crippen LogP contribution in [0.3, 0.4) is 0 Å². The standard InChI is InChI=1S/C13H14Cl2N6O4/c1-5(22)7-8(23)13(15,2-3-14)11(25-7)20-4-18-6-9(20)19-12(16)21(17)10(6)24/h4-5,7-8,11,22-23H,17H2,1H3,(H2,16,19)/t5-,7+,8?,11+,13+/m0/s1. The fourth-order valence-corrected chi connectivity index (χ4v) is 3.26. The third-order valence-corrected chi connectivity index (χ3v) is 4.61. The van der Waals surface area contributed by atoms with Crippen molar-refractivity contribution < 1.29 is 14.9 Å². The molecular weight excluding hydrogens is 375 g/mol. The van der Waals surface area contributed by atoms with E-state index in [0.717, 1.165) is 0 Å². The Morgan fingerprint density at radius 1 is 1.56 bits per heavy atom. The van der Waals surface area contributed by atoms with Gasteiger partial charge in [0.25, 0.3) is 0 Å². The van der Waals surface area contributed by atoms with E-state index in [1.165, 1.54) is 17.8 Å². The van der Waals surface area contributed by atoms with Crippen molar-refractivity contribution in [1.82, 2.24) is 19.2 Å². The van der Waals surface area contributed by atoms with Crippen LogP contribution in [0.5, 0.6) is 0 Å². The molecule has 134 valence electrons. The van der Waals surface area contributed by atoms with E-state index in [4.69, 9.17) is 39.5 Å². The maximum Gasteiger partial charge on any atom is 0.301 e. The average molecular weight is 389 g/mol. The molecule has 0 aromatic carbocycles. The van der Waals surface area contributed by atoms with Crippen LogP contribution in [0.25, 0.3) is 11.2 Å². The molecule has 3 heterocycles. The van der Waals surface area contributed by atoms with E-state index in [1.807, 2.05) is 0 Å². The van der Waals surface area contributed by atoms with Crippen LogP contribution in [0.4, 0.5) is 5.95 Å². The van der Waals surface area contributed by atoms with Crippen molar-refractivity contribution in [3.8, 4) is 11.3 Å². The molecular formula is C13H14Cl2N6O4. The highest BCUT2D eigenvalue weighted by molar-refractivity contribution is 6.32. The topological polar surface area (TPSA) is 154 Å². The first-order valence-corrected chi connectivity index (χ1v) is 7.81. The van der Waals surface area contributed by atoms with Gasteiger partial charge in [-0.2, -0.15) is 9.66 Å². The maximum atomic E-state index is 12.1. The number of hydrogen-bond donors (Lipinski definition) is 4. The number of hydrogen-bond acceptors (Lipinski definition) is 8. The summed E-state index contributed by atoms with van der Waals surface area (Å²) in [6, 6.07) is 0. The van der Waals surface area contributed by atoms with Crippen molar-refractivity contribution in [3.05, 3.63) is 16.7 Å². The van der Waals surface area contributed by atoms with Crippen LogP contribution in [0.15, 0.2) is 11.1 Å². The van der Waals surface area contributed by atoms with E-state index in [1.54, 1.807) is 0 Å². The molecule has 0 bridgehead atoms. The summed E-state index contributed by atoms with van der Waals surface area (Å²) < 4.78 is 7.61. The van der Waals surface area contributed by atoms with Gasteiger partial charge in [0.05, 0.1) is 12.4 Å². The van der Waals surface area contributed by atoms with E-state index in [0.29, 0.717) is 4.68 Å². The van der Waals surface area contributed by atoms with Gasteiger partial charge in [0, 0.05) is 5.38 Å². The zero-order valence-electron chi connectivity index (χ0n) is 12.8. The molecule has 5 atom stereocenters. The van der Waals surface area contributed by atoms with E-state index in [2.05, 4.69) is 21.3 Å². The number of ether oxygens (including phenoxy) is 1. The minimum absolute atomic E-state index is 0.0361. The third kappa shape index (κ3) is 2.52. The number of rotatable bonds is 2. The molecule has 1 saturated heterocycles. The second-order valence-electron chi connectivity index (χ2n) is 5.60. The van der Waals surface area contributed by atoms with Gasteiger partial charge in [-0.1, -0.05) is 17.5 Å². The molecule has 6 N–H and O–H groups in total. The Hall–Kier alpha value is -2.03. The molecule has 0 saturated carbocycles.